The van der Waals surface area contributed by atoms with Crippen LogP contribution in [0.15, 0.2) is 67.0 Å². The zero-order chi connectivity index (χ0) is 20.5. The quantitative estimate of drug-likeness (QED) is 0.430. The van der Waals surface area contributed by atoms with Crippen molar-refractivity contribution in [2.45, 2.75) is 52.3 Å². The summed E-state index contributed by atoms with van der Waals surface area (Å²) in [5, 5.41) is 0.789. The second-order valence-electron chi connectivity index (χ2n) is 7.78. The van der Waals surface area contributed by atoms with Gasteiger partial charge >= 0.3 is 0 Å². The van der Waals surface area contributed by atoms with Gasteiger partial charge in [0.05, 0.1) is 0 Å². The maximum Gasteiger partial charge on any atom is 0.101 e. The maximum absolute atomic E-state index is 5.90. The van der Waals surface area contributed by atoms with Gasteiger partial charge in [-0.05, 0) is 58.2 Å². The van der Waals surface area contributed by atoms with Crippen LogP contribution in [0.4, 0.5) is 0 Å². The van der Waals surface area contributed by atoms with Crippen LogP contribution in [0.25, 0.3) is 11.1 Å². The van der Waals surface area contributed by atoms with Crippen molar-refractivity contribution < 1.29 is 0 Å². The van der Waals surface area contributed by atoms with E-state index in [0.717, 1.165) is 11.4 Å². The van der Waals surface area contributed by atoms with Crippen molar-refractivity contribution in [2.75, 3.05) is 0 Å². The third-order valence-electron chi connectivity index (χ3n) is 4.81. The third kappa shape index (κ3) is 6.53. The van der Waals surface area contributed by atoms with E-state index in [1.54, 1.807) is 0 Å². The Morgan fingerprint density at radius 3 is 1.96 bits per heavy atom. The van der Waals surface area contributed by atoms with Crippen LogP contribution < -0.4 is 0 Å². The molecule has 2 aromatic carbocycles. The molecular weight excluding hydrogens is 361 g/mol. The maximum atomic E-state index is 5.90. The highest BCUT2D eigenvalue weighted by atomic mass is 35.5. The van der Waals surface area contributed by atoms with Crippen molar-refractivity contribution in [3.63, 3.8) is 0 Å². The molecule has 0 spiro atoms. The van der Waals surface area contributed by atoms with Crippen LogP contribution in [-0.2, 0) is 6.42 Å². The number of benzene rings is 2. The fourth-order valence-corrected chi connectivity index (χ4v) is 3.15. The van der Waals surface area contributed by atoms with E-state index in [1.165, 1.54) is 34.1 Å². The zero-order valence-electron chi connectivity index (χ0n) is 17.7. The molecular formula is C25H31BClN. The smallest absolute Gasteiger partial charge is 0.101 e. The summed E-state index contributed by atoms with van der Waals surface area (Å²) >= 11 is 5.90. The minimum atomic E-state index is 0.580. The first-order chi connectivity index (χ1) is 13.4. The predicted octanol–water partition coefficient (Wildman–Crippen LogP) is 6.93. The molecule has 0 atom stereocenters. The zero-order valence-corrected chi connectivity index (χ0v) is 18.5. The van der Waals surface area contributed by atoms with Gasteiger partial charge in [-0.2, -0.15) is 0 Å². The van der Waals surface area contributed by atoms with Crippen molar-refractivity contribution in [1.82, 2.24) is 4.98 Å². The summed E-state index contributed by atoms with van der Waals surface area (Å²) in [5.74, 6) is 1.16. The van der Waals surface area contributed by atoms with Gasteiger partial charge in [-0.15, -0.1) is 0 Å². The molecule has 0 aliphatic heterocycles. The topological polar surface area (TPSA) is 12.9 Å². The van der Waals surface area contributed by atoms with Gasteiger partial charge in [0.2, 0.25) is 0 Å². The number of aromatic nitrogens is 1. The Balaban J connectivity index is 0.000000209. The Morgan fingerprint density at radius 1 is 0.857 bits per heavy atom. The van der Waals surface area contributed by atoms with Crippen molar-refractivity contribution in [2.24, 2.45) is 0 Å². The van der Waals surface area contributed by atoms with Gasteiger partial charge in [0.1, 0.15) is 7.85 Å². The van der Waals surface area contributed by atoms with E-state index in [1.807, 2.05) is 24.5 Å². The number of halogens is 1. The average Bonchev–Trinajstić information content (AvgIpc) is 2.70. The molecule has 28 heavy (non-hydrogen) atoms. The number of rotatable bonds is 5. The molecule has 146 valence electrons. The molecule has 0 saturated carbocycles. The summed E-state index contributed by atoms with van der Waals surface area (Å²) in [7, 11) is 2.21. The Kier molecular flexibility index (Phi) is 8.79. The van der Waals surface area contributed by atoms with Gasteiger partial charge in [-0.3, -0.25) is 4.98 Å². The Hall–Kier alpha value is -2.06. The van der Waals surface area contributed by atoms with Gasteiger partial charge in [0.25, 0.3) is 0 Å². The third-order valence-corrected chi connectivity index (χ3v) is 5.06. The monoisotopic (exact) mass is 391 g/mol. The first-order valence-corrected chi connectivity index (χ1v) is 10.6. The molecule has 3 rings (SSSR count). The van der Waals surface area contributed by atoms with Gasteiger partial charge in [0, 0.05) is 17.4 Å². The minimum Gasteiger partial charge on any atom is -0.264 e. The largest absolute Gasteiger partial charge is 0.264 e. The second kappa shape index (κ2) is 11.1. The molecule has 0 aliphatic rings. The number of nitrogens with zero attached hydrogens (tertiary/aromatic N) is 1. The lowest BCUT2D eigenvalue weighted by atomic mass is 9.92. The molecule has 1 nitrogen and oxygen atoms in total. The van der Waals surface area contributed by atoms with E-state index in [0.29, 0.717) is 11.8 Å². The minimum absolute atomic E-state index is 0.580. The molecule has 0 aliphatic carbocycles. The normalized spacial score (nSPS) is 10.7. The summed E-state index contributed by atoms with van der Waals surface area (Å²) in [4.78, 5) is 4.23. The summed E-state index contributed by atoms with van der Waals surface area (Å²) in [6.07, 6.45) is 6.20. The highest BCUT2D eigenvalue weighted by molar-refractivity contribution is 6.30. The number of aryl methyl sites for hydroxylation is 1. The highest BCUT2D eigenvalue weighted by Crippen LogP contribution is 2.25. The SMILES string of the molecule is BCCc1ccccc1-c1ccc(Cl)cc1.CC(C)c1cncc(C(C)C)c1. The Labute approximate surface area is 176 Å². The van der Waals surface area contributed by atoms with Crippen molar-refractivity contribution >= 4 is 19.4 Å². The van der Waals surface area contributed by atoms with E-state index in [4.69, 9.17) is 11.6 Å². The fourth-order valence-electron chi connectivity index (χ4n) is 3.03. The molecule has 1 heterocycles. The van der Waals surface area contributed by atoms with Crippen LogP contribution >= 0.6 is 11.6 Å². The van der Waals surface area contributed by atoms with Crippen molar-refractivity contribution in [1.29, 1.82) is 0 Å². The first-order valence-electron chi connectivity index (χ1n) is 10.2. The van der Waals surface area contributed by atoms with E-state index >= 15 is 0 Å². The summed E-state index contributed by atoms with van der Waals surface area (Å²) in [6, 6.07) is 18.9. The predicted molar refractivity (Wildman–Crippen MR) is 126 cm³/mol. The molecule has 0 unspecified atom stereocenters. The summed E-state index contributed by atoms with van der Waals surface area (Å²) in [5.41, 5.74) is 6.64. The van der Waals surface area contributed by atoms with E-state index in [2.05, 4.69) is 83.0 Å². The van der Waals surface area contributed by atoms with Crippen LogP contribution in [0.3, 0.4) is 0 Å². The molecule has 0 N–H and O–H groups in total. The number of hydrogen-bond donors (Lipinski definition) is 0. The average molecular weight is 392 g/mol. The van der Waals surface area contributed by atoms with Crippen LogP contribution in [0, 0.1) is 0 Å². The van der Waals surface area contributed by atoms with E-state index in [-0.39, 0.29) is 0 Å². The lowest BCUT2D eigenvalue weighted by Gasteiger charge is -2.09. The van der Waals surface area contributed by atoms with Crippen molar-refractivity contribution in [3.05, 3.63) is 88.7 Å². The first kappa shape index (κ1) is 22.2. The molecule has 0 bridgehead atoms. The Bertz CT molecular complexity index is 833. The van der Waals surface area contributed by atoms with Gasteiger partial charge in [0.15, 0.2) is 0 Å². The standard InChI is InChI=1S/C14H14BCl.C11H17N/c15-10-9-11-3-1-2-4-14(11)12-5-7-13(16)8-6-12;1-8(2)10-5-11(9(3)4)7-12-6-10/h1-8H,9-10,15H2;5-9H,1-4H3. The number of pyridine rings is 1. The molecule has 0 fully saturated rings. The van der Waals surface area contributed by atoms with E-state index < -0.39 is 0 Å². The second-order valence-corrected chi connectivity index (χ2v) is 8.21. The van der Waals surface area contributed by atoms with Gasteiger partial charge in [-0.1, -0.05) is 88.1 Å². The van der Waals surface area contributed by atoms with Crippen LogP contribution in [0.1, 0.15) is 56.2 Å². The summed E-state index contributed by atoms with van der Waals surface area (Å²) < 4.78 is 0. The number of hydrogen-bond acceptors (Lipinski definition) is 1. The van der Waals surface area contributed by atoms with Crippen LogP contribution in [0.2, 0.25) is 11.3 Å². The fraction of sp³-hybridized carbons (Fsp3) is 0.320. The lowest BCUT2D eigenvalue weighted by molar-refractivity contribution is 0.820. The van der Waals surface area contributed by atoms with Crippen LogP contribution in [0.5, 0.6) is 0 Å². The molecule has 3 aromatic rings. The van der Waals surface area contributed by atoms with Crippen molar-refractivity contribution in [3.8, 4) is 11.1 Å². The van der Waals surface area contributed by atoms with Gasteiger partial charge < -0.3 is 0 Å². The van der Waals surface area contributed by atoms with E-state index in [9.17, 15) is 0 Å². The Morgan fingerprint density at radius 2 is 1.43 bits per heavy atom. The lowest BCUT2D eigenvalue weighted by Crippen LogP contribution is -1.94. The molecule has 0 amide bonds. The molecule has 0 saturated heterocycles. The molecule has 0 radical (unpaired) electrons. The van der Waals surface area contributed by atoms with Gasteiger partial charge in [-0.25, -0.2) is 0 Å². The highest BCUT2D eigenvalue weighted by Gasteiger charge is 2.04. The summed E-state index contributed by atoms with van der Waals surface area (Å²) in [6.45, 7) is 8.78. The molecule has 1 aromatic heterocycles. The van der Waals surface area contributed by atoms with Crippen LogP contribution in [-0.4, -0.2) is 12.8 Å². The molecule has 3 heteroatoms.